The Kier molecular flexibility index (Phi) is 6.31. The van der Waals surface area contributed by atoms with Crippen LogP contribution in [0.2, 0.25) is 5.02 Å². The van der Waals surface area contributed by atoms with Crippen LogP contribution in [0.15, 0.2) is 52.6 Å². The van der Waals surface area contributed by atoms with E-state index >= 15 is 0 Å². The number of anilines is 1. The zero-order chi connectivity index (χ0) is 23.7. The molecular weight excluding hydrogens is 462 g/mol. The maximum atomic E-state index is 13.4. The van der Waals surface area contributed by atoms with Gasteiger partial charge in [0.25, 0.3) is 11.5 Å². The minimum Gasteiger partial charge on any atom is -0.461 e. The van der Waals surface area contributed by atoms with Crippen molar-refractivity contribution >= 4 is 50.6 Å². The van der Waals surface area contributed by atoms with Crippen molar-refractivity contribution < 1.29 is 14.3 Å². The molecule has 2 aromatic carbocycles. The van der Waals surface area contributed by atoms with Crippen molar-refractivity contribution in [3.05, 3.63) is 85.6 Å². The lowest BCUT2D eigenvalue weighted by atomic mass is 10.1. The molecule has 2 aromatic heterocycles. The Hall–Kier alpha value is -3.49. The van der Waals surface area contributed by atoms with Crippen LogP contribution in [-0.2, 0) is 4.74 Å². The Morgan fingerprint density at radius 2 is 1.85 bits per heavy atom. The van der Waals surface area contributed by atoms with Crippen molar-refractivity contribution in [3.8, 4) is 5.69 Å². The first-order valence-corrected chi connectivity index (χ1v) is 11.4. The van der Waals surface area contributed by atoms with Crippen molar-refractivity contribution in [2.24, 2.45) is 0 Å². The fourth-order valence-corrected chi connectivity index (χ4v) is 4.37. The molecule has 1 N–H and O–H groups in total. The Bertz CT molecular complexity index is 1440. The lowest BCUT2D eigenvalue weighted by molar-refractivity contribution is 0.0520. The monoisotopic (exact) mass is 481 g/mol. The van der Waals surface area contributed by atoms with E-state index in [1.807, 2.05) is 19.9 Å². The molecule has 4 rings (SSSR count). The van der Waals surface area contributed by atoms with Crippen LogP contribution in [0.1, 0.15) is 38.9 Å². The molecule has 4 aromatic rings. The Balaban J connectivity index is 1.87. The summed E-state index contributed by atoms with van der Waals surface area (Å²) < 4.78 is 6.26. The number of thiophene rings is 1. The first-order valence-electron chi connectivity index (χ1n) is 10.2. The normalized spacial score (nSPS) is 10.9. The van der Waals surface area contributed by atoms with E-state index in [0.29, 0.717) is 26.7 Å². The summed E-state index contributed by atoms with van der Waals surface area (Å²) in [6.07, 6.45) is 0. The van der Waals surface area contributed by atoms with Gasteiger partial charge in [0.15, 0.2) is 5.69 Å². The fraction of sp³-hybridized carbons (Fsp3) is 0.167. The van der Waals surface area contributed by atoms with Gasteiger partial charge in [-0.25, -0.2) is 4.79 Å². The smallest absolute Gasteiger partial charge is 0.359 e. The SMILES string of the molecule is CCOC(=O)c1nn(-c2ccc(Cl)cc2)c(=O)c2c(NC(=O)c3ccc(C)c(C)c3)scc12. The molecule has 0 unspecified atom stereocenters. The third kappa shape index (κ3) is 4.40. The zero-order valence-corrected chi connectivity index (χ0v) is 19.7. The number of ether oxygens (including phenoxy) is 1. The molecular formula is C24H20ClN3O4S. The van der Waals surface area contributed by atoms with E-state index in [2.05, 4.69) is 10.4 Å². The van der Waals surface area contributed by atoms with Crippen LogP contribution in [-0.4, -0.2) is 28.3 Å². The highest BCUT2D eigenvalue weighted by molar-refractivity contribution is 7.16. The molecule has 2 heterocycles. The Morgan fingerprint density at radius 3 is 2.52 bits per heavy atom. The molecule has 1 amide bonds. The van der Waals surface area contributed by atoms with Gasteiger partial charge in [0.2, 0.25) is 0 Å². The van der Waals surface area contributed by atoms with Gasteiger partial charge in [-0.1, -0.05) is 17.7 Å². The highest BCUT2D eigenvalue weighted by atomic mass is 35.5. The van der Waals surface area contributed by atoms with Crippen molar-refractivity contribution in [1.82, 2.24) is 9.78 Å². The minimum atomic E-state index is -0.657. The maximum absolute atomic E-state index is 13.4. The summed E-state index contributed by atoms with van der Waals surface area (Å²) >= 11 is 7.12. The molecule has 9 heteroatoms. The van der Waals surface area contributed by atoms with Crippen molar-refractivity contribution in [2.45, 2.75) is 20.8 Å². The zero-order valence-electron chi connectivity index (χ0n) is 18.1. The molecule has 0 fully saturated rings. The van der Waals surface area contributed by atoms with Gasteiger partial charge in [-0.15, -0.1) is 11.3 Å². The van der Waals surface area contributed by atoms with Gasteiger partial charge in [0.05, 0.1) is 17.7 Å². The van der Waals surface area contributed by atoms with Crippen LogP contribution in [0.3, 0.4) is 0 Å². The number of carbonyl (C=O) groups excluding carboxylic acids is 2. The first kappa shape index (κ1) is 22.7. The molecule has 0 spiro atoms. The number of rotatable bonds is 5. The molecule has 0 radical (unpaired) electrons. The molecule has 33 heavy (non-hydrogen) atoms. The second-order valence-corrected chi connectivity index (χ2v) is 8.69. The minimum absolute atomic E-state index is 0.00988. The van der Waals surface area contributed by atoms with Crippen LogP contribution in [0.5, 0.6) is 0 Å². The summed E-state index contributed by atoms with van der Waals surface area (Å²) in [5.74, 6) is -1.01. The van der Waals surface area contributed by atoms with E-state index in [1.54, 1.807) is 48.7 Å². The molecule has 0 aliphatic rings. The van der Waals surface area contributed by atoms with Crippen LogP contribution in [0.4, 0.5) is 5.00 Å². The number of aromatic nitrogens is 2. The van der Waals surface area contributed by atoms with E-state index in [0.717, 1.165) is 27.1 Å². The molecule has 0 bridgehead atoms. The van der Waals surface area contributed by atoms with Crippen LogP contribution < -0.4 is 10.9 Å². The summed E-state index contributed by atoms with van der Waals surface area (Å²) in [6, 6.07) is 11.9. The Labute approximate surface area is 198 Å². The maximum Gasteiger partial charge on any atom is 0.359 e. The highest BCUT2D eigenvalue weighted by Crippen LogP contribution is 2.31. The highest BCUT2D eigenvalue weighted by Gasteiger charge is 2.23. The predicted molar refractivity (Wildman–Crippen MR) is 130 cm³/mol. The summed E-state index contributed by atoms with van der Waals surface area (Å²) in [4.78, 5) is 39.0. The number of halogens is 1. The lowest BCUT2D eigenvalue weighted by Gasteiger charge is -2.10. The topological polar surface area (TPSA) is 90.3 Å². The molecule has 0 saturated heterocycles. The van der Waals surface area contributed by atoms with Crippen LogP contribution in [0, 0.1) is 13.8 Å². The number of esters is 1. The van der Waals surface area contributed by atoms with E-state index in [9.17, 15) is 14.4 Å². The number of amides is 1. The molecule has 168 valence electrons. The number of nitrogens with one attached hydrogen (secondary N) is 1. The first-order chi connectivity index (χ1) is 15.8. The standard InChI is InChI=1S/C24H20ClN3O4S/c1-4-32-24(31)20-18-12-33-22(26-21(29)15-6-5-13(2)14(3)11-15)19(18)23(30)28(27-20)17-9-7-16(25)8-10-17/h5-12H,4H2,1-3H3,(H,26,29). The largest absolute Gasteiger partial charge is 0.461 e. The number of nitrogens with zero attached hydrogens (tertiary/aromatic N) is 2. The average molecular weight is 482 g/mol. The summed E-state index contributed by atoms with van der Waals surface area (Å²) in [6.45, 7) is 5.73. The second-order valence-electron chi connectivity index (χ2n) is 7.37. The van der Waals surface area contributed by atoms with Gasteiger partial charge in [-0.3, -0.25) is 9.59 Å². The summed E-state index contributed by atoms with van der Waals surface area (Å²) in [5, 5.41) is 10.0. The summed E-state index contributed by atoms with van der Waals surface area (Å²) in [5.41, 5.74) is 2.47. The number of fused-ring (bicyclic) bond motifs is 1. The van der Waals surface area contributed by atoms with Crippen LogP contribution >= 0.6 is 22.9 Å². The number of benzene rings is 2. The molecule has 7 nitrogen and oxygen atoms in total. The van der Waals surface area contributed by atoms with Gasteiger partial charge in [0, 0.05) is 21.4 Å². The van der Waals surface area contributed by atoms with Gasteiger partial charge < -0.3 is 10.1 Å². The number of aryl methyl sites for hydroxylation is 2. The molecule has 0 atom stereocenters. The second kappa shape index (κ2) is 9.17. The quantitative estimate of drug-likeness (QED) is 0.398. The molecule has 0 aliphatic carbocycles. The van der Waals surface area contributed by atoms with Gasteiger partial charge in [0.1, 0.15) is 5.00 Å². The van der Waals surface area contributed by atoms with Crippen LogP contribution in [0.25, 0.3) is 16.5 Å². The van der Waals surface area contributed by atoms with Gasteiger partial charge >= 0.3 is 5.97 Å². The average Bonchev–Trinajstić information content (AvgIpc) is 3.21. The summed E-state index contributed by atoms with van der Waals surface area (Å²) in [7, 11) is 0. The third-order valence-electron chi connectivity index (χ3n) is 5.19. The Morgan fingerprint density at radius 1 is 1.12 bits per heavy atom. The van der Waals surface area contributed by atoms with Crippen molar-refractivity contribution in [3.63, 3.8) is 0 Å². The van der Waals surface area contributed by atoms with E-state index in [1.165, 1.54) is 0 Å². The van der Waals surface area contributed by atoms with Crippen molar-refractivity contribution in [1.29, 1.82) is 0 Å². The van der Waals surface area contributed by atoms with E-state index in [4.69, 9.17) is 16.3 Å². The van der Waals surface area contributed by atoms with E-state index in [-0.39, 0.29) is 23.6 Å². The van der Waals surface area contributed by atoms with Crippen molar-refractivity contribution in [2.75, 3.05) is 11.9 Å². The number of hydrogen-bond donors (Lipinski definition) is 1. The molecule has 0 saturated carbocycles. The van der Waals surface area contributed by atoms with Gasteiger partial charge in [-0.2, -0.15) is 9.78 Å². The fourth-order valence-electron chi connectivity index (χ4n) is 3.31. The lowest BCUT2D eigenvalue weighted by Crippen LogP contribution is -2.25. The third-order valence-corrected chi connectivity index (χ3v) is 6.34. The number of hydrogen-bond acceptors (Lipinski definition) is 6. The molecule has 0 aliphatic heterocycles. The van der Waals surface area contributed by atoms with Gasteiger partial charge in [-0.05, 0) is 68.3 Å². The number of carbonyl (C=O) groups is 2. The van der Waals surface area contributed by atoms with E-state index < -0.39 is 11.5 Å². The predicted octanol–water partition coefficient (Wildman–Crippen LogP) is 5.15.